The van der Waals surface area contributed by atoms with Crippen LogP contribution in [0, 0.1) is 0 Å². The normalized spacial score (nSPS) is 12.6. The maximum atomic E-state index is 5.66. The maximum absolute atomic E-state index is 5.66. The van der Waals surface area contributed by atoms with Crippen molar-refractivity contribution in [3.8, 4) is 0 Å². The summed E-state index contributed by atoms with van der Waals surface area (Å²) < 4.78 is 1.89. The quantitative estimate of drug-likeness (QED) is 0.612. The molecule has 96 valence electrons. The van der Waals surface area contributed by atoms with Gasteiger partial charge in [-0.2, -0.15) is 5.10 Å². The molecule has 0 bridgehead atoms. The molecule has 1 atom stereocenters. The molecule has 0 aliphatic heterocycles. The Morgan fingerprint density at radius 3 is 2.89 bits per heavy atom. The molecular formula is C13H19N5. The molecule has 5 heteroatoms. The number of aryl methyl sites for hydroxylation is 2. The molecule has 2 aromatic heterocycles. The molecule has 0 saturated carbocycles. The van der Waals surface area contributed by atoms with E-state index in [9.17, 15) is 0 Å². The van der Waals surface area contributed by atoms with Crippen LogP contribution in [0.3, 0.4) is 0 Å². The Hall–Kier alpha value is -1.72. The van der Waals surface area contributed by atoms with Gasteiger partial charge in [0.25, 0.3) is 0 Å². The molecule has 0 saturated heterocycles. The minimum atomic E-state index is 0.0481. The highest BCUT2D eigenvalue weighted by atomic mass is 15.3. The third kappa shape index (κ3) is 2.75. The van der Waals surface area contributed by atoms with Crippen LogP contribution in [0.1, 0.15) is 29.9 Å². The molecule has 0 aliphatic rings. The lowest BCUT2D eigenvalue weighted by Crippen LogP contribution is -2.31. The van der Waals surface area contributed by atoms with Gasteiger partial charge >= 0.3 is 0 Å². The monoisotopic (exact) mass is 245 g/mol. The van der Waals surface area contributed by atoms with Gasteiger partial charge in [-0.1, -0.05) is 13.0 Å². The van der Waals surface area contributed by atoms with Crippen LogP contribution in [0.25, 0.3) is 0 Å². The number of nitrogens with two attached hydrogens (primary N) is 1. The van der Waals surface area contributed by atoms with Crippen molar-refractivity contribution in [3.63, 3.8) is 0 Å². The van der Waals surface area contributed by atoms with Gasteiger partial charge in [-0.05, 0) is 30.5 Å². The fraction of sp³-hybridized carbons (Fsp3) is 0.385. The van der Waals surface area contributed by atoms with E-state index in [1.165, 1.54) is 0 Å². The predicted octanol–water partition coefficient (Wildman–Crippen LogP) is 1.12. The van der Waals surface area contributed by atoms with E-state index in [0.29, 0.717) is 0 Å². The van der Waals surface area contributed by atoms with Crippen molar-refractivity contribution in [2.45, 2.75) is 25.8 Å². The highest BCUT2D eigenvalue weighted by Crippen LogP contribution is 2.18. The third-order valence-corrected chi connectivity index (χ3v) is 3.05. The summed E-state index contributed by atoms with van der Waals surface area (Å²) in [4.78, 5) is 4.12. The number of hydrazine groups is 1. The SMILES string of the molecule is CCc1cc(C(Cc2cccnc2)NN)n(C)n1. The van der Waals surface area contributed by atoms with Crippen molar-refractivity contribution in [2.75, 3.05) is 0 Å². The first-order chi connectivity index (χ1) is 8.74. The molecule has 0 fully saturated rings. The van der Waals surface area contributed by atoms with Crippen molar-refractivity contribution in [3.05, 3.63) is 47.5 Å². The van der Waals surface area contributed by atoms with Crippen LogP contribution in [0.5, 0.6) is 0 Å². The number of hydrogen-bond acceptors (Lipinski definition) is 4. The van der Waals surface area contributed by atoms with E-state index < -0.39 is 0 Å². The lowest BCUT2D eigenvalue weighted by molar-refractivity contribution is 0.507. The Morgan fingerprint density at radius 1 is 1.50 bits per heavy atom. The zero-order valence-electron chi connectivity index (χ0n) is 10.8. The largest absolute Gasteiger partial charge is 0.271 e. The van der Waals surface area contributed by atoms with Gasteiger partial charge in [0.1, 0.15) is 0 Å². The molecule has 3 N–H and O–H groups in total. The number of hydrogen-bond donors (Lipinski definition) is 2. The van der Waals surface area contributed by atoms with Crippen molar-refractivity contribution in [1.29, 1.82) is 0 Å². The lowest BCUT2D eigenvalue weighted by Gasteiger charge is -2.15. The van der Waals surface area contributed by atoms with E-state index in [-0.39, 0.29) is 6.04 Å². The van der Waals surface area contributed by atoms with Gasteiger partial charge in [-0.25, -0.2) is 0 Å². The fourth-order valence-electron chi connectivity index (χ4n) is 2.05. The highest BCUT2D eigenvalue weighted by molar-refractivity contribution is 5.18. The first-order valence-electron chi connectivity index (χ1n) is 6.12. The average molecular weight is 245 g/mol. The van der Waals surface area contributed by atoms with Gasteiger partial charge in [0.15, 0.2) is 0 Å². The Balaban J connectivity index is 2.20. The Bertz CT molecular complexity index is 491. The molecule has 0 aromatic carbocycles. The van der Waals surface area contributed by atoms with Crippen molar-refractivity contribution in [1.82, 2.24) is 20.2 Å². The summed E-state index contributed by atoms with van der Waals surface area (Å²) in [7, 11) is 1.95. The van der Waals surface area contributed by atoms with Gasteiger partial charge in [0, 0.05) is 19.4 Å². The van der Waals surface area contributed by atoms with E-state index in [4.69, 9.17) is 5.84 Å². The second kappa shape index (κ2) is 5.75. The molecule has 0 aliphatic carbocycles. The Labute approximate surface area is 107 Å². The van der Waals surface area contributed by atoms with E-state index in [1.54, 1.807) is 6.20 Å². The summed E-state index contributed by atoms with van der Waals surface area (Å²) in [6, 6.07) is 6.13. The van der Waals surface area contributed by atoms with Gasteiger partial charge in [-0.3, -0.25) is 20.9 Å². The van der Waals surface area contributed by atoms with Gasteiger partial charge in [-0.15, -0.1) is 0 Å². The summed E-state index contributed by atoms with van der Waals surface area (Å²) in [5.74, 6) is 5.66. The van der Waals surface area contributed by atoms with E-state index in [2.05, 4.69) is 34.6 Å². The molecule has 1 unspecified atom stereocenters. The molecule has 0 spiro atoms. The molecule has 18 heavy (non-hydrogen) atoms. The second-order valence-electron chi connectivity index (χ2n) is 4.32. The maximum Gasteiger partial charge on any atom is 0.0669 e. The number of nitrogens with zero attached hydrogens (tertiary/aromatic N) is 3. The van der Waals surface area contributed by atoms with Crippen LogP contribution in [0.15, 0.2) is 30.6 Å². The predicted molar refractivity (Wildman–Crippen MR) is 70.6 cm³/mol. The summed E-state index contributed by atoms with van der Waals surface area (Å²) in [5, 5.41) is 4.45. The van der Waals surface area contributed by atoms with Gasteiger partial charge in [0.05, 0.1) is 17.4 Å². The number of rotatable bonds is 5. The smallest absolute Gasteiger partial charge is 0.0669 e. The molecule has 2 heterocycles. The number of aromatic nitrogens is 3. The number of nitrogens with one attached hydrogen (secondary N) is 1. The van der Waals surface area contributed by atoms with Crippen LogP contribution in [0.4, 0.5) is 0 Å². The standard InChI is InChI=1S/C13H19N5/c1-3-11-8-13(18(2)17-11)12(16-14)7-10-5-4-6-15-9-10/h4-6,8-9,12,16H,3,7,14H2,1-2H3. The Kier molecular flexibility index (Phi) is 4.07. The average Bonchev–Trinajstić information content (AvgIpc) is 2.78. The molecule has 5 nitrogen and oxygen atoms in total. The topological polar surface area (TPSA) is 68.8 Å². The third-order valence-electron chi connectivity index (χ3n) is 3.05. The molecule has 2 rings (SSSR count). The minimum absolute atomic E-state index is 0.0481. The first-order valence-corrected chi connectivity index (χ1v) is 6.12. The summed E-state index contributed by atoms with van der Waals surface area (Å²) in [6.45, 7) is 2.10. The molecule has 2 aromatic rings. The van der Waals surface area contributed by atoms with Crippen molar-refractivity contribution in [2.24, 2.45) is 12.9 Å². The van der Waals surface area contributed by atoms with Crippen LogP contribution in [-0.4, -0.2) is 14.8 Å². The van der Waals surface area contributed by atoms with E-state index in [1.807, 2.05) is 24.0 Å². The van der Waals surface area contributed by atoms with Gasteiger partial charge < -0.3 is 0 Å². The minimum Gasteiger partial charge on any atom is -0.271 e. The first kappa shape index (κ1) is 12.7. The fourth-order valence-corrected chi connectivity index (χ4v) is 2.05. The molecule has 0 radical (unpaired) electrons. The second-order valence-corrected chi connectivity index (χ2v) is 4.32. The van der Waals surface area contributed by atoms with Crippen LogP contribution >= 0.6 is 0 Å². The molecular weight excluding hydrogens is 226 g/mol. The zero-order valence-corrected chi connectivity index (χ0v) is 10.8. The highest BCUT2D eigenvalue weighted by Gasteiger charge is 2.15. The Morgan fingerprint density at radius 2 is 2.33 bits per heavy atom. The van der Waals surface area contributed by atoms with Crippen LogP contribution in [-0.2, 0) is 19.9 Å². The summed E-state index contributed by atoms with van der Waals surface area (Å²) in [6.07, 6.45) is 5.36. The summed E-state index contributed by atoms with van der Waals surface area (Å²) in [5.41, 5.74) is 6.19. The van der Waals surface area contributed by atoms with E-state index in [0.717, 1.165) is 29.8 Å². The zero-order chi connectivity index (χ0) is 13.0. The lowest BCUT2D eigenvalue weighted by atomic mass is 10.0. The van der Waals surface area contributed by atoms with Gasteiger partial charge in [0.2, 0.25) is 0 Å². The van der Waals surface area contributed by atoms with Crippen LogP contribution in [0.2, 0.25) is 0 Å². The number of pyridine rings is 1. The molecule has 0 amide bonds. The summed E-state index contributed by atoms with van der Waals surface area (Å²) >= 11 is 0. The van der Waals surface area contributed by atoms with E-state index >= 15 is 0 Å². The van der Waals surface area contributed by atoms with Crippen molar-refractivity contribution < 1.29 is 0 Å². The van der Waals surface area contributed by atoms with Crippen LogP contribution < -0.4 is 11.3 Å². The van der Waals surface area contributed by atoms with Crippen molar-refractivity contribution >= 4 is 0 Å².